The minimum Gasteiger partial charge on any atom is -0.318 e. The summed E-state index contributed by atoms with van der Waals surface area (Å²) in [5.74, 6) is -1.46. The molecule has 2 rings (SSSR count). The van der Waals surface area contributed by atoms with Crippen molar-refractivity contribution in [2.45, 2.75) is 6.92 Å². The van der Waals surface area contributed by atoms with Crippen LogP contribution in [0.15, 0.2) is 36.7 Å². The summed E-state index contributed by atoms with van der Waals surface area (Å²) < 4.78 is 0. The molecule has 92 valence electrons. The normalized spacial score (nSPS) is 9.83. The maximum absolute atomic E-state index is 11.6. The summed E-state index contributed by atoms with van der Waals surface area (Å²) in [6.45, 7) is 1.94. The van der Waals surface area contributed by atoms with Crippen molar-refractivity contribution in [3.63, 3.8) is 0 Å². The number of aromatic amines is 1. The molecule has 0 saturated carbocycles. The smallest absolute Gasteiger partial charge is 0.314 e. The number of H-pyrrole nitrogens is 1. The fourth-order valence-corrected chi connectivity index (χ4v) is 1.33. The molecule has 6 nitrogen and oxygen atoms in total. The van der Waals surface area contributed by atoms with Crippen LogP contribution < -0.4 is 10.6 Å². The molecule has 0 atom stereocenters. The van der Waals surface area contributed by atoms with Gasteiger partial charge in [0.1, 0.15) is 0 Å². The van der Waals surface area contributed by atoms with Crippen LogP contribution in [0.3, 0.4) is 0 Å². The second-order valence-corrected chi connectivity index (χ2v) is 3.76. The molecule has 0 bridgehead atoms. The number of aromatic nitrogens is 2. The Balaban J connectivity index is 1.95. The lowest BCUT2D eigenvalue weighted by atomic mass is 10.2. The predicted octanol–water partition coefficient (Wildman–Crippen LogP) is 1.30. The molecule has 0 unspecified atom stereocenters. The molecule has 0 aliphatic rings. The van der Waals surface area contributed by atoms with Crippen LogP contribution in [0, 0.1) is 6.92 Å². The van der Waals surface area contributed by atoms with Crippen LogP contribution in [0.5, 0.6) is 0 Å². The van der Waals surface area contributed by atoms with E-state index in [0.717, 1.165) is 5.56 Å². The van der Waals surface area contributed by atoms with Crippen molar-refractivity contribution in [1.29, 1.82) is 0 Å². The molecule has 0 saturated heterocycles. The predicted molar refractivity (Wildman–Crippen MR) is 67.0 cm³/mol. The van der Waals surface area contributed by atoms with Gasteiger partial charge in [-0.3, -0.25) is 14.7 Å². The molecule has 3 N–H and O–H groups in total. The van der Waals surface area contributed by atoms with Crippen molar-refractivity contribution in [3.8, 4) is 0 Å². The quantitative estimate of drug-likeness (QED) is 0.696. The van der Waals surface area contributed by atoms with E-state index in [1.807, 2.05) is 19.1 Å². The molecular formula is C12H12N4O2. The zero-order valence-corrected chi connectivity index (χ0v) is 9.73. The number of hydrogen-bond donors (Lipinski definition) is 3. The number of carbonyl (C=O) groups excluding carboxylic acids is 2. The summed E-state index contributed by atoms with van der Waals surface area (Å²) in [7, 11) is 0. The Morgan fingerprint density at radius 2 is 1.67 bits per heavy atom. The third-order valence-corrected chi connectivity index (χ3v) is 2.27. The van der Waals surface area contributed by atoms with Gasteiger partial charge in [-0.1, -0.05) is 17.7 Å². The zero-order chi connectivity index (χ0) is 13.0. The van der Waals surface area contributed by atoms with E-state index in [9.17, 15) is 9.59 Å². The van der Waals surface area contributed by atoms with Crippen molar-refractivity contribution < 1.29 is 9.59 Å². The monoisotopic (exact) mass is 244 g/mol. The molecule has 18 heavy (non-hydrogen) atoms. The van der Waals surface area contributed by atoms with E-state index in [4.69, 9.17) is 0 Å². The number of amides is 2. The number of anilines is 2. The fraction of sp³-hybridized carbons (Fsp3) is 0.0833. The molecule has 2 amide bonds. The molecule has 0 spiro atoms. The van der Waals surface area contributed by atoms with Crippen LogP contribution in [-0.2, 0) is 9.59 Å². The lowest BCUT2D eigenvalue weighted by Crippen LogP contribution is -2.28. The van der Waals surface area contributed by atoms with Gasteiger partial charge in [0.05, 0.1) is 11.9 Å². The average molecular weight is 244 g/mol. The van der Waals surface area contributed by atoms with Gasteiger partial charge in [0.15, 0.2) is 0 Å². The molecule has 0 aliphatic heterocycles. The van der Waals surface area contributed by atoms with Crippen molar-refractivity contribution in [1.82, 2.24) is 10.2 Å². The van der Waals surface area contributed by atoms with Crippen LogP contribution in [0.2, 0.25) is 0 Å². The van der Waals surface area contributed by atoms with E-state index in [0.29, 0.717) is 11.4 Å². The highest BCUT2D eigenvalue weighted by atomic mass is 16.2. The molecule has 1 heterocycles. The summed E-state index contributed by atoms with van der Waals surface area (Å²) in [6.07, 6.45) is 2.90. The van der Waals surface area contributed by atoms with Crippen LogP contribution in [0.25, 0.3) is 0 Å². The minimum atomic E-state index is -0.739. The highest BCUT2D eigenvalue weighted by Gasteiger charge is 2.14. The van der Waals surface area contributed by atoms with E-state index in [1.165, 1.54) is 12.4 Å². The van der Waals surface area contributed by atoms with Crippen molar-refractivity contribution in [3.05, 3.63) is 42.2 Å². The molecule has 0 radical (unpaired) electrons. The maximum atomic E-state index is 11.6. The number of aryl methyl sites for hydroxylation is 1. The lowest BCUT2D eigenvalue weighted by molar-refractivity contribution is -0.132. The highest BCUT2D eigenvalue weighted by molar-refractivity contribution is 6.43. The molecule has 1 aromatic carbocycles. The number of nitrogens with one attached hydrogen (secondary N) is 3. The van der Waals surface area contributed by atoms with Gasteiger partial charge in [-0.15, -0.1) is 0 Å². The second kappa shape index (κ2) is 5.13. The Morgan fingerprint density at radius 1 is 1.06 bits per heavy atom. The summed E-state index contributed by atoms with van der Waals surface area (Å²) in [6, 6.07) is 7.17. The molecule has 2 aromatic rings. The molecule has 0 fully saturated rings. The molecule has 6 heteroatoms. The number of nitrogens with zero attached hydrogens (tertiary/aromatic N) is 1. The first kappa shape index (κ1) is 11.8. The Bertz CT molecular complexity index is 546. The van der Waals surface area contributed by atoms with Gasteiger partial charge in [-0.2, -0.15) is 5.10 Å². The Morgan fingerprint density at radius 3 is 2.22 bits per heavy atom. The molecule has 1 aromatic heterocycles. The number of hydrogen-bond acceptors (Lipinski definition) is 3. The third-order valence-electron chi connectivity index (χ3n) is 2.27. The SMILES string of the molecule is Cc1ccc(NC(=O)C(=O)Nc2cn[nH]c2)cc1. The van der Waals surface area contributed by atoms with E-state index in [1.54, 1.807) is 12.1 Å². The summed E-state index contributed by atoms with van der Waals surface area (Å²) in [4.78, 5) is 23.1. The fourth-order valence-electron chi connectivity index (χ4n) is 1.33. The van der Waals surface area contributed by atoms with Gasteiger partial charge in [0.2, 0.25) is 0 Å². The minimum absolute atomic E-state index is 0.444. The van der Waals surface area contributed by atoms with Crippen molar-refractivity contribution in [2.24, 2.45) is 0 Å². The first-order valence-corrected chi connectivity index (χ1v) is 5.33. The lowest BCUT2D eigenvalue weighted by Gasteiger charge is -2.05. The van der Waals surface area contributed by atoms with E-state index in [2.05, 4.69) is 20.8 Å². The van der Waals surface area contributed by atoms with Crippen molar-refractivity contribution >= 4 is 23.2 Å². The van der Waals surface area contributed by atoms with Crippen molar-refractivity contribution in [2.75, 3.05) is 10.6 Å². The van der Waals surface area contributed by atoms with Crippen LogP contribution in [-0.4, -0.2) is 22.0 Å². The highest BCUT2D eigenvalue weighted by Crippen LogP contribution is 2.08. The summed E-state index contributed by atoms with van der Waals surface area (Å²) >= 11 is 0. The van der Waals surface area contributed by atoms with E-state index >= 15 is 0 Å². The van der Waals surface area contributed by atoms with Gasteiger partial charge in [0.25, 0.3) is 0 Å². The molecular weight excluding hydrogens is 232 g/mol. The largest absolute Gasteiger partial charge is 0.318 e. The van der Waals surface area contributed by atoms with E-state index < -0.39 is 11.8 Å². The third kappa shape index (κ3) is 2.94. The van der Waals surface area contributed by atoms with Gasteiger partial charge < -0.3 is 10.6 Å². The standard InChI is InChI=1S/C12H12N4O2/c1-8-2-4-9(5-3-8)15-11(17)12(18)16-10-6-13-14-7-10/h2-7H,1H3,(H,13,14)(H,15,17)(H,16,18). The average Bonchev–Trinajstić information content (AvgIpc) is 2.85. The Hall–Kier alpha value is -2.63. The maximum Gasteiger partial charge on any atom is 0.314 e. The van der Waals surface area contributed by atoms with E-state index in [-0.39, 0.29) is 0 Å². The van der Waals surface area contributed by atoms with Gasteiger partial charge in [-0.05, 0) is 19.1 Å². The summed E-state index contributed by atoms with van der Waals surface area (Å²) in [5, 5.41) is 11.1. The molecule has 0 aliphatic carbocycles. The Labute approximate surface area is 103 Å². The van der Waals surface area contributed by atoms with Crippen LogP contribution in [0.1, 0.15) is 5.56 Å². The first-order chi connectivity index (χ1) is 8.65. The second-order valence-electron chi connectivity index (χ2n) is 3.76. The van der Waals surface area contributed by atoms with Gasteiger partial charge >= 0.3 is 11.8 Å². The topological polar surface area (TPSA) is 86.9 Å². The number of benzene rings is 1. The Kier molecular flexibility index (Phi) is 3.38. The van der Waals surface area contributed by atoms with Gasteiger partial charge in [-0.25, -0.2) is 0 Å². The van der Waals surface area contributed by atoms with Crippen LogP contribution >= 0.6 is 0 Å². The zero-order valence-electron chi connectivity index (χ0n) is 9.73. The van der Waals surface area contributed by atoms with Gasteiger partial charge in [0, 0.05) is 11.9 Å². The number of rotatable bonds is 2. The number of carbonyl (C=O) groups is 2. The summed E-state index contributed by atoms with van der Waals surface area (Å²) in [5.41, 5.74) is 2.10. The van der Waals surface area contributed by atoms with Crippen LogP contribution in [0.4, 0.5) is 11.4 Å². The first-order valence-electron chi connectivity index (χ1n) is 5.33.